The van der Waals surface area contributed by atoms with Gasteiger partial charge < -0.3 is 20.5 Å². The number of nitrogens with zero attached hydrogens (tertiary/aromatic N) is 1. The molecule has 1 aliphatic heterocycles. The van der Waals surface area contributed by atoms with Gasteiger partial charge in [-0.15, -0.1) is 0 Å². The van der Waals surface area contributed by atoms with E-state index in [4.69, 9.17) is 26.8 Å². The number of pyridine rings is 1. The number of nitrogens with one attached hydrogen (secondary N) is 1. The van der Waals surface area contributed by atoms with Gasteiger partial charge in [0.2, 0.25) is 5.91 Å². The topological polar surface area (TPSA) is 121 Å². The number of primary amides is 1. The first-order chi connectivity index (χ1) is 15.2. The second kappa shape index (κ2) is 8.58. The molecule has 8 nitrogen and oxygen atoms in total. The van der Waals surface area contributed by atoms with E-state index in [1.165, 1.54) is 13.0 Å². The zero-order valence-corrected chi connectivity index (χ0v) is 19.1. The second-order valence-corrected chi connectivity index (χ2v) is 9.15. The van der Waals surface area contributed by atoms with Crippen molar-refractivity contribution in [2.45, 2.75) is 38.7 Å². The van der Waals surface area contributed by atoms with Gasteiger partial charge >= 0.3 is 6.09 Å². The molecule has 0 spiro atoms. The molecular weight excluding hydrogens is 460 g/mol. The molecule has 11 heteroatoms. The molecule has 1 aromatic heterocycles. The Labute approximate surface area is 193 Å². The molecule has 0 aliphatic carbocycles. The van der Waals surface area contributed by atoms with Crippen LogP contribution < -0.4 is 15.8 Å². The number of rotatable bonds is 5. The Morgan fingerprint density at radius 2 is 1.91 bits per heavy atom. The van der Waals surface area contributed by atoms with Gasteiger partial charge in [0.05, 0.1) is 11.6 Å². The Hall–Kier alpha value is -3.27. The lowest BCUT2D eigenvalue weighted by atomic mass is 9.83. The number of hydrogen-bond donors (Lipinski definition) is 2. The molecule has 3 N–H and O–H groups in total. The highest BCUT2D eigenvalue weighted by molar-refractivity contribution is 6.31. The van der Waals surface area contributed by atoms with E-state index in [2.05, 4.69) is 10.3 Å². The van der Waals surface area contributed by atoms with Crippen LogP contribution in [-0.2, 0) is 14.9 Å². The van der Waals surface area contributed by atoms with Gasteiger partial charge in [0.1, 0.15) is 46.4 Å². The minimum atomic E-state index is -1.33. The highest BCUT2D eigenvalue weighted by Gasteiger charge is 2.44. The van der Waals surface area contributed by atoms with Crippen LogP contribution in [0, 0.1) is 11.6 Å². The van der Waals surface area contributed by atoms with Crippen LogP contribution in [0.3, 0.4) is 0 Å². The molecule has 3 rings (SSSR count). The molecule has 0 bridgehead atoms. The predicted molar refractivity (Wildman–Crippen MR) is 115 cm³/mol. The third-order valence-corrected chi connectivity index (χ3v) is 5.25. The third kappa shape index (κ3) is 4.90. The van der Waals surface area contributed by atoms with Crippen molar-refractivity contribution >= 4 is 29.4 Å². The maximum Gasteiger partial charge on any atom is 0.408 e. The summed E-state index contributed by atoms with van der Waals surface area (Å²) in [5.41, 5.74) is 3.07. The molecule has 0 saturated heterocycles. The number of alkyl carbamates (subject to hydrolysis) is 1. The number of benzene rings is 1. The fourth-order valence-electron chi connectivity index (χ4n) is 3.17. The monoisotopic (exact) mass is 481 g/mol. The van der Waals surface area contributed by atoms with E-state index in [0.717, 1.165) is 6.07 Å². The molecule has 0 radical (unpaired) electrons. The second-order valence-electron chi connectivity index (χ2n) is 8.74. The summed E-state index contributed by atoms with van der Waals surface area (Å²) in [5, 5.41) is 1.94. The van der Waals surface area contributed by atoms with Crippen molar-refractivity contribution in [3.05, 3.63) is 46.1 Å². The number of ether oxygens (including phenoxy) is 2. The largest absolute Gasteiger partial charge is 0.489 e. The summed E-state index contributed by atoms with van der Waals surface area (Å²) in [4.78, 5) is 41.0. The number of carbonyl (C=O) groups is 3. The Morgan fingerprint density at radius 1 is 1.24 bits per heavy atom. The average molecular weight is 482 g/mol. The van der Waals surface area contributed by atoms with Crippen LogP contribution >= 0.6 is 11.6 Å². The van der Waals surface area contributed by atoms with E-state index in [1.54, 1.807) is 20.8 Å². The van der Waals surface area contributed by atoms with Crippen molar-refractivity contribution in [3.8, 4) is 17.0 Å². The lowest BCUT2D eigenvalue weighted by molar-refractivity contribution is -0.123. The Bertz CT molecular complexity index is 1170. The van der Waals surface area contributed by atoms with Gasteiger partial charge in [0.15, 0.2) is 5.78 Å². The number of carbonyl (C=O) groups excluding carboxylic acids is 3. The Morgan fingerprint density at radius 3 is 2.52 bits per heavy atom. The van der Waals surface area contributed by atoms with Gasteiger partial charge in [-0.3, -0.25) is 9.59 Å². The first-order valence-corrected chi connectivity index (χ1v) is 10.2. The van der Waals surface area contributed by atoms with Crippen molar-refractivity contribution in [2.24, 2.45) is 5.73 Å². The summed E-state index contributed by atoms with van der Waals surface area (Å²) < 4.78 is 39.0. The van der Waals surface area contributed by atoms with Crippen LogP contribution in [0.15, 0.2) is 18.2 Å². The highest BCUT2D eigenvalue weighted by Crippen LogP contribution is 2.45. The summed E-state index contributed by atoms with van der Waals surface area (Å²) in [6.45, 7) is 5.84. The Balaban J connectivity index is 2.07. The number of nitrogens with two attached hydrogens (primary N) is 1. The van der Waals surface area contributed by atoms with Gasteiger partial charge in [-0.2, -0.15) is 0 Å². The molecule has 2 amide bonds. The van der Waals surface area contributed by atoms with Crippen molar-refractivity contribution in [1.29, 1.82) is 0 Å². The van der Waals surface area contributed by atoms with Crippen LogP contribution in [0.4, 0.5) is 13.6 Å². The van der Waals surface area contributed by atoms with Crippen LogP contribution in [0.25, 0.3) is 11.3 Å². The molecule has 33 heavy (non-hydrogen) atoms. The van der Waals surface area contributed by atoms with E-state index < -0.39 is 47.0 Å². The highest BCUT2D eigenvalue weighted by atomic mass is 35.5. The molecule has 1 aliphatic rings. The fraction of sp³-hybridized carbons (Fsp3) is 0.364. The summed E-state index contributed by atoms with van der Waals surface area (Å²) >= 11 is 5.82. The number of aromatic nitrogens is 1. The number of halogens is 3. The Kier molecular flexibility index (Phi) is 6.34. The maximum atomic E-state index is 14.6. The summed E-state index contributed by atoms with van der Waals surface area (Å²) in [7, 11) is 0. The number of hydrogen-bond acceptors (Lipinski definition) is 6. The summed E-state index contributed by atoms with van der Waals surface area (Å²) in [6.07, 6.45) is -0.820. The van der Waals surface area contributed by atoms with Crippen molar-refractivity contribution < 1.29 is 32.6 Å². The predicted octanol–water partition coefficient (Wildman–Crippen LogP) is 3.52. The lowest BCUT2D eigenvalue weighted by Gasteiger charge is -2.20. The number of fused-ring (bicyclic) bond motifs is 1. The van der Waals surface area contributed by atoms with E-state index in [-0.39, 0.29) is 39.9 Å². The lowest BCUT2D eigenvalue weighted by Crippen LogP contribution is -2.40. The smallest absolute Gasteiger partial charge is 0.408 e. The first kappa shape index (κ1) is 24.4. The molecule has 0 fully saturated rings. The maximum absolute atomic E-state index is 14.6. The van der Waals surface area contributed by atoms with E-state index in [1.807, 2.05) is 0 Å². The van der Waals surface area contributed by atoms with Crippen LogP contribution in [0.1, 0.15) is 43.7 Å². The van der Waals surface area contributed by atoms with Crippen molar-refractivity contribution in [3.63, 3.8) is 0 Å². The first-order valence-electron chi connectivity index (χ1n) is 9.86. The van der Waals surface area contributed by atoms with Gasteiger partial charge in [-0.25, -0.2) is 18.6 Å². The molecule has 2 aromatic rings. The van der Waals surface area contributed by atoms with Gasteiger partial charge in [-0.05, 0) is 39.8 Å². The molecule has 0 saturated carbocycles. The van der Waals surface area contributed by atoms with E-state index in [9.17, 15) is 23.2 Å². The summed E-state index contributed by atoms with van der Waals surface area (Å²) in [6, 6.07) is 2.89. The molecule has 2 heterocycles. The van der Waals surface area contributed by atoms with Gasteiger partial charge in [0.25, 0.3) is 0 Å². The standard InChI is InChI=1S/C22H22ClF2N3O5/c1-21(2,3)33-20(31)27-8-16(29)15-6-11-18(32-9-22(11,4)19(26)30)17(28-15)10-5-12(23)14(25)7-13(10)24/h5-7H,8-9H2,1-4H3,(H2,26,30)(H,27,31)/t22-/m0/s1. The van der Waals surface area contributed by atoms with Gasteiger partial charge in [-0.1, -0.05) is 11.6 Å². The molecule has 176 valence electrons. The van der Waals surface area contributed by atoms with Crippen LogP contribution in [0.2, 0.25) is 5.02 Å². The fourth-order valence-corrected chi connectivity index (χ4v) is 3.34. The van der Waals surface area contributed by atoms with E-state index in [0.29, 0.717) is 6.07 Å². The molecule has 1 aromatic carbocycles. The molecule has 1 atom stereocenters. The quantitative estimate of drug-likeness (QED) is 0.498. The van der Waals surface area contributed by atoms with Crippen LogP contribution in [0.5, 0.6) is 5.75 Å². The van der Waals surface area contributed by atoms with E-state index >= 15 is 0 Å². The van der Waals surface area contributed by atoms with Crippen molar-refractivity contribution in [1.82, 2.24) is 10.3 Å². The SMILES string of the molecule is CC(C)(C)OC(=O)NCC(=O)c1cc2c(c(-c3cc(Cl)c(F)cc3F)n1)OC[C@]2(C)C(N)=O. The minimum absolute atomic E-state index is 0.0227. The number of amides is 2. The average Bonchev–Trinajstić information content (AvgIpc) is 3.05. The number of ketones is 1. The molecule has 0 unspecified atom stereocenters. The third-order valence-electron chi connectivity index (χ3n) is 4.96. The summed E-state index contributed by atoms with van der Waals surface area (Å²) in [5.74, 6) is -3.35. The van der Waals surface area contributed by atoms with Crippen molar-refractivity contribution in [2.75, 3.05) is 13.2 Å². The number of Topliss-reactive ketones (excluding diaryl/α,β-unsaturated/α-hetero) is 1. The van der Waals surface area contributed by atoms with Crippen LogP contribution in [-0.4, -0.2) is 41.5 Å². The zero-order valence-electron chi connectivity index (χ0n) is 18.3. The minimum Gasteiger partial charge on any atom is -0.489 e. The van der Waals surface area contributed by atoms with Gasteiger partial charge in [0, 0.05) is 17.2 Å². The zero-order chi connectivity index (χ0) is 24.7. The molecular formula is C22H22ClF2N3O5. The normalized spacial score (nSPS) is 17.2.